The van der Waals surface area contributed by atoms with Crippen molar-refractivity contribution in [3.63, 3.8) is 0 Å². The van der Waals surface area contributed by atoms with Gasteiger partial charge in [0, 0.05) is 12.6 Å². The predicted molar refractivity (Wildman–Crippen MR) is 67.7 cm³/mol. The molecule has 1 fully saturated rings. The fraction of sp³-hybridized carbons (Fsp3) is 0.571. The molecule has 0 spiro atoms. The van der Waals surface area contributed by atoms with Crippen LogP contribution in [0.15, 0.2) is 18.2 Å². The van der Waals surface area contributed by atoms with E-state index < -0.39 is 0 Å². The number of hydrogen-bond donors (Lipinski definition) is 2. The van der Waals surface area contributed by atoms with Crippen LogP contribution in [0, 0.1) is 0 Å². The lowest BCUT2D eigenvalue weighted by atomic mass is 9.92. The van der Waals surface area contributed by atoms with Gasteiger partial charge >= 0.3 is 0 Å². The summed E-state index contributed by atoms with van der Waals surface area (Å²) < 4.78 is 10.6. The minimum Gasteiger partial charge on any atom is -0.454 e. The lowest BCUT2D eigenvalue weighted by Crippen LogP contribution is -2.41. The Morgan fingerprint density at radius 1 is 1.17 bits per heavy atom. The number of benzene rings is 1. The van der Waals surface area contributed by atoms with Crippen LogP contribution in [-0.2, 0) is 6.54 Å². The van der Waals surface area contributed by atoms with Gasteiger partial charge in [-0.3, -0.25) is 0 Å². The van der Waals surface area contributed by atoms with Crippen molar-refractivity contribution in [2.24, 2.45) is 0 Å². The SMILES string of the molecule is O[C@@H]1CCCC[C@H]1NCc1ccc2c(c1)OCO2. The molecule has 0 radical (unpaired) electrons. The average Bonchev–Trinajstić information content (AvgIpc) is 2.85. The van der Waals surface area contributed by atoms with E-state index >= 15 is 0 Å². The van der Waals surface area contributed by atoms with Gasteiger partial charge in [0.2, 0.25) is 6.79 Å². The van der Waals surface area contributed by atoms with Crippen molar-refractivity contribution in [2.75, 3.05) is 6.79 Å². The fourth-order valence-electron chi connectivity index (χ4n) is 2.65. The monoisotopic (exact) mass is 249 g/mol. The first-order valence-corrected chi connectivity index (χ1v) is 6.63. The lowest BCUT2D eigenvalue weighted by Gasteiger charge is -2.28. The summed E-state index contributed by atoms with van der Waals surface area (Å²) in [6, 6.07) is 6.21. The van der Waals surface area contributed by atoms with Crippen LogP contribution in [0.25, 0.3) is 0 Å². The molecule has 1 aliphatic carbocycles. The third-order valence-corrected chi connectivity index (χ3v) is 3.73. The second-order valence-electron chi connectivity index (χ2n) is 5.03. The zero-order chi connectivity index (χ0) is 12.4. The summed E-state index contributed by atoms with van der Waals surface area (Å²) in [6.07, 6.45) is 4.12. The van der Waals surface area contributed by atoms with Crippen molar-refractivity contribution in [1.82, 2.24) is 5.32 Å². The largest absolute Gasteiger partial charge is 0.454 e. The second-order valence-corrected chi connectivity index (χ2v) is 5.03. The van der Waals surface area contributed by atoms with E-state index in [1.54, 1.807) is 0 Å². The van der Waals surface area contributed by atoms with E-state index in [0.717, 1.165) is 42.9 Å². The first-order valence-electron chi connectivity index (χ1n) is 6.63. The normalized spacial score (nSPS) is 26.3. The Balaban J connectivity index is 1.59. The number of aliphatic hydroxyl groups is 1. The third-order valence-electron chi connectivity index (χ3n) is 3.73. The molecule has 1 aromatic carbocycles. The smallest absolute Gasteiger partial charge is 0.231 e. The van der Waals surface area contributed by atoms with Gasteiger partial charge in [-0.25, -0.2) is 0 Å². The second kappa shape index (κ2) is 5.16. The molecule has 1 aromatic rings. The highest BCUT2D eigenvalue weighted by Crippen LogP contribution is 2.32. The van der Waals surface area contributed by atoms with Gasteiger partial charge < -0.3 is 19.9 Å². The summed E-state index contributed by atoms with van der Waals surface area (Å²) in [5.41, 5.74) is 1.16. The van der Waals surface area contributed by atoms with Crippen molar-refractivity contribution < 1.29 is 14.6 Å². The van der Waals surface area contributed by atoms with Gasteiger partial charge in [0.05, 0.1) is 6.10 Å². The van der Waals surface area contributed by atoms with Crippen LogP contribution in [0.4, 0.5) is 0 Å². The molecule has 0 bridgehead atoms. The molecule has 98 valence electrons. The van der Waals surface area contributed by atoms with Crippen molar-refractivity contribution in [1.29, 1.82) is 0 Å². The summed E-state index contributed by atoms with van der Waals surface area (Å²) in [5, 5.41) is 13.3. The molecule has 1 heterocycles. The first-order chi connectivity index (χ1) is 8.83. The van der Waals surface area contributed by atoms with E-state index in [-0.39, 0.29) is 12.1 Å². The summed E-state index contributed by atoms with van der Waals surface area (Å²) >= 11 is 0. The molecular formula is C14H19NO3. The Morgan fingerprint density at radius 3 is 2.89 bits per heavy atom. The maximum Gasteiger partial charge on any atom is 0.231 e. The Kier molecular flexibility index (Phi) is 3.39. The van der Waals surface area contributed by atoms with Gasteiger partial charge in [0.15, 0.2) is 11.5 Å². The van der Waals surface area contributed by atoms with Crippen LogP contribution in [0.5, 0.6) is 11.5 Å². The average molecular weight is 249 g/mol. The predicted octanol–water partition coefficient (Wildman–Crippen LogP) is 1.81. The van der Waals surface area contributed by atoms with E-state index in [9.17, 15) is 5.11 Å². The number of aliphatic hydroxyl groups excluding tert-OH is 1. The van der Waals surface area contributed by atoms with Gasteiger partial charge in [-0.1, -0.05) is 18.9 Å². The fourth-order valence-corrected chi connectivity index (χ4v) is 2.65. The maximum atomic E-state index is 9.89. The highest BCUT2D eigenvalue weighted by atomic mass is 16.7. The number of rotatable bonds is 3. The number of fused-ring (bicyclic) bond motifs is 1. The molecule has 4 nitrogen and oxygen atoms in total. The Labute approximate surface area is 107 Å². The van der Waals surface area contributed by atoms with E-state index in [4.69, 9.17) is 9.47 Å². The van der Waals surface area contributed by atoms with Crippen molar-refractivity contribution >= 4 is 0 Å². The molecule has 3 rings (SSSR count). The Morgan fingerprint density at radius 2 is 2.00 bits per heavy atom. The Bertz CT molecular complexity index is 422. The molecule has 0 saturated heterocycles. The zero-order valence-electron chi connectivity index (χ0n) is 10.4. The topological polar surface area (TPSA) is 50.7 Å². The summed E-state index contributed by atoms with van der Waals surface area (Å²) in [4.78, 5) is 0. The molecule has 4 heteroatoms. The van der Waals surface area contributed by atoms with Crippen LogP contribution in [-0.4, -0.2) is 24.0 Å². The van der Waals surface area contributed by atoms with Crippen LogP contribution in [0.2, 0.25) is 0 Å². The molecule has 1 aliphatic heterocycles. The third kappa shape index (κ3) is 2.44. The highest BCUT2D eigenvalue weighted by molar-refractivity contribution is 5.44. The van der Waals surface area contributed by atoms with Crippen LogP contribution in [0.3, 0.4) is 0 Å². The van der Waals surface area contributed by atoms with Crippen LogP contribution < -0.4 is 14.8 Å². The standard InChI is InChI=1S/C14H19NO3/c16-12-4-2-1-3-11(12)15-8-10-5-6-13-14(7-10)18-9-17-13/h5-7,11-12,15-16H,1-4,8-9H2/t11-,12-/m1/s1. The van der Waals surface area contributed by atoms with E-state index in [0.29, 0.717) is 6.79 Å². The van der Waals surface area contributed by atoms with Crippen LogP contribution in [0.1, 0.15) is 31.2 Å². The van der Waals surface area contributed by atoms with E-state index in [1.807, 2.05) is 18.2 Å². The van der Waals surface area contributed by atoms with Crippen LogP contribution >= 0.6 is 0 Å². The summed E-state index contributed by atoms with van der Waals surface area (Å²) in [7, 11) is 0. The number of hydrogen-bond acceptors (Lipinski definition) is 4. The number of nitrogens with one attached hydrogen (secondary N) is 1. The molecule has 2 N–H and O–H groups in total. The molecule has 2 atom stereocenters. The van der Waals surface area contributed by atoms with Crippen molar-refractivity contribution in [3.8, 4) is 11.5 Å². The highest BCUT2D eigenvalue weighted by Gasteiger charge is 2.22. The molecule has 18 heavy (non-hydrogen) atoms. The van der Waals surface area contributed by atoms with Gasteiger partial charge in [-0.05, 0) is 30.5 Å². The van der Waals surface area contributed by atoms with Crippen molar-refractivity contribution in [3.05, 3.63) is 23.8 Å². The zero-order valence-corrected chi connectivity index (χ0v) is 10.4. The lowest BCUT2D eigenvalue weighted by molar-refractivity contribution is 0.0902. The molecule has 2 aliphatic rings. The Hall–Kier alpha value is -1.26. The molecule has 0 aromatic heterocycles. The molecular weight excluding hydrogens is 230 g/mol. The van der Waals surface area contributed by atoms with Crippen molar-refractivity contribution in [2.45, 2.75) is 44.4 Å². The van der Waals surface area contributed by atoms with Gasteiger partial charge in [0.25, 0.3) is 0 Å². The van der Waals surface area contributed by atoms with E-state index in [2.05, 4.69) is 5.32 Å². The maximum absolute atomic E-state index is 9.89. The minimum atomic E-state index is -0.201. The summed E-state index contributed by atoms with van der Waals surface area (Å²) in [6.45, 7) is 1.08. The van der Waals surface area contributed by atoms with Gasteiger partial charge in [-0.2, -0.15) is 0 Å². The molecule has 0 amide bonds. The van der Waals surface area contributed by atoms with Gasteiger partial charge in [-0.15, -0.1) is 0 Å². The van der Waals surface area contributed by atoms with E-state index in [1.165, 1.54) is 6.42 Å². The molecule has 1 saturated carbocycles. The summed E-state index contributed by atoms with van der Waals surface area (Å²) in [5.74, 6) is 1.63. The minimum absolute atomic E-state index is 0.201. The quantitative estimate of drug-likeness (QED) is 0.857. The van der Waals surface area contributed by atoms with Gasteiger partial charge in [0.1, 0.15) is 0 Å². The first kappa shape index (κ1) is 11.8. The number of ether oxygens (including phenoxy) is 2. The molecule has 0 unspecified atom stereocenters.